The van der Waals surface area contributed by atoms with E-state index in [0.29, 0.717) is 36.8 Å². The van der Waals surface area contributed by atoms with Crippen LogP contribution >= 0.6 is 0 Å². The molecule has 0 amide bonds. The van der Waals surface area contributed by atoms with Crippen molar-refractivity contribution in [3.8, 4) is 23.8 Å². The molecular weight excluding hydrogens is 424 g/mol. The Balaban J connectivity index is 1.28. The third-order valence-electron chi connectivity index (χ3n) is 4.63. The van der Waals surface area contributed by atoms with E-state index in [-0.39, 0.29) is 17.6 Å². The molecule has 0 aliphatic rings. The number of ether oxygens (including phenoxy) is 3. The number of aromatic nitrogens is 6. The largest absolute Gasteiger partial charge is 0.467 e. The summed E-state index contributed by atoms with van der Waals surface area (Å²) in [5, 5.41) is 0. The Kier molecular flexibility index (Phi) is 6.84. The fourth-order valence-electron chi connectivity index (χ4n) is 2.89. The topological polar surface area (TPSA) is 125 Å². The van der Waals surface area contributed by atoms with Gasteiger partial charge in [0, 0.05) is 49.4 Å². The lowest BCUT2D eigenvalue weighted by atomic mass is 10.1. The second kappa shape index (κ2) is 10.3. The van der Waals surface area contributed by atoms with Crippen LogP contribution in [0.5, 0.6) is 23.8 Å². The minimum absolute atomic E-state index is 0.172. The summed E-state index contributed by atoms with van der Waals surface area (Å²) < 4.78 is 16.2. The molecule has 0 fully saturated rings. The van der Waals surface area contributed by atoms with E-state index in [2.05, 4.69) is 29.9 Å². The van der Waals surface area contributed by atoms with Crippen LogP contribution in [0, 0.1) is 6.92 Å². The molecule has 4 aromatic rings. The Morgan fingerprint density at radius 2 is 1.55 bits per heavy atom. The molecule has 4 rings (SSSR count). The highest BCUT2D eigenvalue weighted by molar-refractivity contribution is 5.29. The van der Waals surface area contributed by atoms with Crippen LogP contribution in [0.4, 0.5) is 0 Å². The maximum absolute atomic E-state index is 12.3. The Labute approximate surface area is 189 Å². The summed E-state index contributed by atoms with van der Waals surface area (Å²) in [4.78, 5) is 35.5. The summed E-state index contributed by atoms with van der Waals surface area (Å²) in [5.74, 6) is 0.646. The lowest BCUT2D eigenvalue weighted by molar-refractivity contribution is 0.295. The summed E-state index contributed by atoms with van der Waals surface area (Å²) in [6.07, 6.45) is 9.11. The van der Waals surface area contributed by atoms with Crippen LogP contribution in [0.25, 0.3) is 0 Å². The maximum atomic E-state index is 12.3. The standard InChI is InChI=1S/C23H22N6O4/c1-15-10-24-22(25-11-15)33-19-5-3-16(4-6-19)7-8-32-23-28-14-18(20(30)29-23)9-17-12-26-21(31-2)27-13-17/h3-6,10-14H,7-9H2,1-2H3,(H,28,29,30). The number of H-pyrrole nitrogens is 1. The van der Waals surface area contributed by atoms with Crippen molar-refractivity contribution in [3.63, 3.8) is 0 Å². The summed E-state index contributed by atoms with van der Waals surface area (Å²) in [7, 11) is 1.49. The van der Waals surface area contributed by atoms with Crippen LogP contribution in [-0.2, 0) is 12.8 Å². The van der Waals surface area contributed by atoms with E-state index in [0.717, 1.165) is 16.7 Å². The number of aromatic amines is 1. The fraction of sp³-hybridized carbons (Fsp3) is 0.217. The molecule has 0 unspecified atom stereocenters. The number of rotatable bonds is 9. The molecule has 0 atom stereocenters. The number of aryl methyl sites for hydroxylation is 1. The van der Waals surface area contributed by atoms with Crippen molar-refractivity contribution in [2.24, 2.45) is 0 Å². The summed E-state index contributed by atoms with van der Waals surface area (Å²) in [5.41, 5.74) is 3.01. The minimum atomic E-state index is -0.268. The van der Waals surface area contributed by atoms with Crippen molar-refractivity contribution in [1.82, 2.24) is 29.9 Å². The van der Waals surface area contributed by atoms with Crippen molar-refractivity contribution < 1.29 is 14.2 Å². The van der Waals surface area contributed by atoms with E-state index >= 15 is 0 Å². The molecule has 1 aromatic carbocycles. The molecule has 0 aliphatic heterocycles. The van der Waals surface area contributed by atoms with E-state index in [1.165, 1.54) is 13.3 Å². The monoisotopic (exact) mass is 446 g/mol. The van der Waals surface area contributed by atoms with E-state index in [4.69, 9.17) is 14.2 Å². The quantitative estimate of drug-likeness (QED) is 0.413. The highest BCUT2D eigenvalue weighted by Crippen LogP contribution is 2.18. The first-order valence-electron chi connectivity index (χ1n) is 10.2. The summed E-state index contributed by atoms with van der Waals surface area (Å²) in [6.45, 7) is 2.27. The lowest BCUT2D eigenvalue weighted by Crippen LogP contribution is -2.16. The first-order valence-corrected chi connectivity index (χ1v) is 10.2. The smallest absolute Gasteiger partial charge is 0.321 e. The molecule has 10 nitrogen and oxygen atoms in total. The molecule has 10 heteroatoms. The average molecular weight is 446 g/mol. The number of nitrogens with one attached hydrogen (secondary N) is 1. The number of nitrogens with zero attached hydrogens (tertiary/aromatic N) is 5. The zero-order valence-corrected chi connectivity index (χ0v) is 18.2. The molecule has 0 bridgehead atoms. The maximum Gasteiger partial charge on any atom is 0.321 e. The van der Waals surface area contributed by atoms with Gasteiger partial charge in [0.15, 0.2) is 0 Å². The Bertz CT molecular complexity index is 1240. The average Bonchev–Trinajstić information content (AvgIpc) is 2.84. The van der Waals surface area contributed by atoms with Crippen molar-refractivity contribution in [2.45, 2.75) is 19.8 Å². The lowest BCUT2D eigenvalue weighted by Gasteiger charge is -2.07. The molecule has 0 aliphatic carbocycles. The predicted molar refractivity (Wildman–Crippen MR) is 119 cm³/mol. The normalized spacial score (nSPS) is 10.6. The predicted octanol–water partition coefficient (Wildman–Crippen LogP) is 2.67. The van der Waals surface area contributed by atoms with Gasteiger partial charge in [0.1, 0.15) is 5.75 Å². The SMILES string of the molecule is COc1ncc(Cc2cnc(OCCc3ccc(Oc4ncc(C)cn4)cc3)[nH]c2=O)cn1. The number of benzene rings is 1. The van der Waals surface area contributed by atoms with Gasteiger partial charge in [0.05, 0.1) is 13.7 Å². The van der Waals surface area contributed by atoms with Crippen molar-refractivity contribution >= 4 is 0 Å². The molecule has 0 spiro atoms. The van der Waals surface area contributed by atoms with Crippen molar-refractivity contribution in [3.05, 3.63) is 87.9 Å². The number of methoxy groups -OCH3 is 1. The molecule has 1 N–H and O–H groups in total. The highest BCUT2D eigenvalue weighted by atomic mass is 16.5. The van der Waals surface area contributed by atoms with Crippen LogP contribution in [0.1, 0.15) is 22.3 Å². The van der Waals surface area contributed by atoms with Crippen molar-refractivity contribution in [1.29, 1.82) is 0 Å². The minimum Gasteiger partial charge on any atom is -0.467 e. The Morgan fingerprint density at radius 3 is 2.21 bits per heavy atom. The van der Waals surface area contributed by atoms with Crippen LogP contribution in [0.2, 0.25) is 0 Å². The van der Waals surface area contributed by atoms with Gasteiger partial charge in [0.25, 0.3) is 11.6 Å². The number of hydrogen-bond acceptors (Lipinski definition) is 9. The Hall–Kier alpha value is -4.34. The molecule has 3 heterocycles. The second-order valence-electron chi connectivity index (χ2n) is 7.18. The first-order chi connectivity index (χ1) is 16.1. The van der Waals surface area contributed by atoms with E-state index < -0.39 is 0 Å². The zero-order valence-electron chi connectivity index (χ0n) is 18.2. The van der Waals surface area contributed by atoms with Crippen LogP contribution in [0.3, 0.4) is 0 Å². The van der Waals surface area contributed by atoms with E-state index in [1.54, 1.807) is 24.8 Å². The third kappa shape index (κ3) is 6.10. The molecule has 0 radical (unpaired) electrons. The van der Waals surface area contributed by atoms with Crippen LogP contribution in [-0.4, -0.2) is 43.6 Å². The van der Waals surface area contributed by atoms with Gasteiger partial charge in [-0.15, -0.1) is 0 Å². The molecule has 168 valence electrons. The molecular formula is C23H22N6O4. The van der Waals surface area contributed by atoms with Gasteiger partial charge in [-0.2, -0.15) is 0 Å². The van der Waals surface area contributed by atoms with Crippen LogP contribution < -0.4 is 19.8 Å². The molecule has 3 aromatic heterocycles. The van der Waals surface area contributed by atoms with Gasteiger partial charge in [-0.25, -0.2) is 24.9 Å². The number of hydrogen-bond donors (Lipinski definition) is 1. The van der Waals surface area contributed by atoms with Crippen LogP contribution in [0.15, 0.2) is 60.0 Å². The van der Waals surface area contributed by atoms with Gasteiger partial charge < -0.3 is 14.2 Å². The second-order valence-corrected chi connectivity index (χ2v) is 7.18. The summed E-state index contributed by atoms with van der Waals surface area (Å²) >= 11 is 0. The third-order valence-corrected chi connectivity index (χ3v) is 4.63. The van der Waals surface area contributed by atoms with Gasteiger partial charge in [0.2, 0.25) is 0 Å². The zero-order chi connectivity index (χ0) is 23.0. The van der Waals surface area contributed by atoms with Crippen molar-refractivity contribution in [2.75, 3.05) is 13.7 Å². The van der Waals surface area contributed by atoms with Gasteiger partial charge >= 0.3 is 12.0 Å². The molecule has 33 heavy (non-hydrogen) atoms. The molecule has 0 saturated carbocycles. The van der Waals surface area contributed by atoms with E-state index in [9.17, 15) is 4.79 Å². The van der Waals surface area contributed by atoms with Gasteiger partial charge in [-0.3, -0.25) is 9.78 Å². The first kappa shape index (κ1) is 21.9. The highest BCUT2D eigenvalue weighted by Gasteiger charge is 2.07. The van der Waals surface area contributed by atoms with Gasteiger partial charge in [-0.05, 0) is 35.7 Å². The Morgan fingerprint density at radius 1 is 0.848 bits per heavy atom. The fourth-order valence-corrected chi connectivity index (χ4v) is 2.89. The van der Waals surface area contributed by atoms with E-state index in [1.807, 2.05) is 31.2 Å². The van der Waals surface area contributed by atoms with Gasteiger partial charge in [-0.1, -0.05) is 12.1 Å². The summed E-state index contributed by atoms with van der Waals surface area (Å²) in [6, 6.07) is 8.30. The molecule has 0 saturated heterocycles.